The number of pyridine rings is 1. The van der Waals surface area contributed by atoms with Gasteiger partial charge in [-0.05, 0) is 31.9 Å². The molecule has 4 heteroatoms. The summed E-state index contributed by atoms with van der Waals surface area (Å²) in [6.45, 7) is 3.76. The Morgan fingerprint density at radius 2 is 2.29 bits per heavy atom. The highest BCUT2D eigenvalue weighted by atomic mass is 15.2. The highest BCUT2D eigenvalue weighted by Gasteiger charge is 2.28. The summed E-state index contributed by atoms with van der Waals surface area (Å²) in [6.07, 6.45) is 3.19. The van der Waals surface area contributed by atoms with Crippen LogP contribution in [0.25, 0.3) is 0 Å². The normalized spacial score (nSPS) is 15.2. The molecule has 0 radical (unpaired) electrons. The maximum absolute atomic E-state index is 7.30. The van der Waals surface area contributed by atoms with Crippen LogP contribution in [0, 0.1) is 12.3 Å². The first kappa shape index (κ1) is 12.0. The number of nitrogens with zero attached hydrogens (tertiary/aromatic N) is 2. The lowest BCUT2D eigenvalue weighted by molar-refractivity contribution is 0.259. The van der Waals surface area contributed by atoms with E-state index in [0.717, 1.165) is 24.5 Å². The molecule has 1 fully saturated rings. The maximum atomic E-state index is 7.30. The lowest BCUT2D eigenvalue weighted by Gasteiger charge is -2.21. The fraction of sp³-hybridized carbons (Fsp3) is 0.538. The number of rotatable bonds is 6. The predicted octanol–water partition coefficient (Wildman–Crippen LogP) is 1.68. The van der Waals surface area contributed by atoms with Crippen LogP contribution in [-0.2, 0) is 6.54 Å². The summed E-state index contributed by atoms with van der Waals surface area (Å²) >= 11 is 0. The molecule has 0 aliphatic heterocycles. The molecule has 1 aliphatic rings. The quantitative estimate of drug-likeness (QED) is 0.579. The zero-order chi connectivity index (χ0) is 12.3. The molecule has 92 valence electrons. The van der Waals surface area contributed by atoms with Crippen LogP contribution in [0.2, 0.25) is 0 Å². The highest BCUT2D eigenvalue weighted by Crippen LogP contribution is 2.28. The van der Waals surface area contributed by atoms with E-state index in [4.69, 9.17) is 11.1 Å². The first-order valence-electron chi connectivity index (χ1n) is 6.14. The third-order valence-corrected chi connectivity index (χ3v) is 3.04. The van der Waals surface area contributed by atoms with Gasteiger partial charge in [-0.1, -0.05) is 6.07 Å². The number of amidine groups is 1. The molecule has 1 aliphatic carbocycles. The Morgan fingerprint density at radius 3 is 2.88 bits per heavy atom. The van der Waals surface area contributed by atoms with E-state index in [1.807, 2.05) is 19.1 Å². The van der Waals surface area contributed by atoms with Crippen LogP contribution >= 0.6 is 0 Å². The van der Waals surface area contributed by atoms with E-state index >= 15 is 0 Å². The Balaban J connectivity index is 1.95. The highest BCUT2D eigenvalue weighted by molar-refractivity contribution is 5.76. The van der Waals surface area contributed by atoms with Crippen LogP contribution in [0.4, 0.5) is 0 Å². The van der Waals surface area contributed by atoms with Crippen molar-refractivity contribution in [3.63, 3.8) is 0 Å². The van der Waals surface area contributed by atoms with Crippen LogP contribution in [-0.4, -0.2) is 28.3 Å². The minimum Gasteiger partial charge on any atom is -0.388 e. The number of hydrogen-bond acceptors (Lipinski definition) is 3. The van der Waals surface area contributed by atoms with Crippen molar-refractivity contribution >= 4 is 5.84 Å². The molecule has 1 heterocycles. The summed E-state index contributed by atoms with van der Waals surface area (Å²) < 4.78 is 0. The molecule has 0 unspecified atom stereocenters. The van der Waals surface area contributed by atoms with Gasteiger partial charge in [-0.25, -0.2) is 0 Å². The van der Waals surface area contributed by atoms with Crippen molar-refractivity contribution in [2.24, 2.45) is 5.73 Å². The van der Waals surface area contributed by atoms with Crippen molar-refractivity contribution in [3.8, 4) is 0 Å². The Hall–Kier alpha value is -1.42. The average molecular weight is 232 g/mol. The Kier molecular flexibility index (Phi) is 3.74. The third-order valence-electron chi connectivity index (χ3n) is 3.04. The molecule has 3 N–H and O–H groups in total. The van der Waals surface area contributed by atoms with Crippen LogP contribution in [0.15, 0.2) is 18.2 Å². The number of nitrogens with one attached hydrogen (secondary N) is 1. The second-order valence-corrected chi connectivity index (χ2v) is 4.75. The number of aromatic nitrogens is 1. The van der Waals surface area contributed by atoms with E-state index in [1.165, 1.54) is 12.8 Å². The van der Waals surface area contributed by atoms with E-state index < -0.39 is 0 Å². The zero-order valence-corrected chi connectivity index (χ0v) is 10.3. The van der Waals surface area contributed by atoms with Crippen LogP contribution in [0.5, 0.6) is 0 Å². The van der Waals surface area contributed by atoms with Gasteiger partial charge in [0.1, 0.15) is 0 Å². The first-order chi connectivity index (χ1) is 8.15. The van der Waals surface area contributed by atoms with E-state index in [9.17, 15) is 0 Å². The Labute approximate surface area is 102 Å². The summed E-state index contributed by atoms with van der Waals surface area (Å²) in [5, 5.41) is 7.30. The smallest absolute Gasteiger partial charge is 0.0918 e. The summed E-state index contributed by atoms with van der Waals surface area (Å²) in [5.74, 6) is 0.271. The predicted molar refractivity (Wildman–Crippen MR) is 68.9 cm³/mol. The van der Waals surface area contributed by atoms with Crippen molar-refractivity contribution in [2.45, 2.75) is 38.8 Å². The lowest BCUT2D eigenvalue weighted by atomic mass is 10.2. The molecule has 4 nitrogen and oxygen atoms in total. The van der Waals surface area contributed by atoms with Gasteiger partial charge in [0.25, 0.3) is 0 Å². The Bertz CT molecular complexity index is 398. The van der Waals surface area contributed by atoms with Gasteiger partial charge in [-0.3, -0.25) is 15.3 Å². The van der Waals surface area contributed by atoms with Gasteiger partial charge in [-0.15, -0.1) is 0 Å². The lowest BCUT2D eigenvalue weighted by Crippen LogP contribution is -2.30. The summed E-state index contributed by atoms with van der Waals surface area (Å²) in [7, 11) is 0. The van der Waals surface area contributed by atoms with Gasteiger partial charge in [-0.2, -0.15) is 0 Å². The van der Waals surface area contributed by atoms with Crippen molar-refractivity contribution in [3.05, 3.63) is 29.6 Å². The molecule has 17 heavy (non-hydrogen) atoms. The summed E-state index contributed by atoms with van der Waals surface area (Å²) in [4.78, 5) is 6.92. The molecular formula is C13H20N4. The van der Waals surface area contributed by atoms with E-state index in [-0.39, 0.29) is 5.84 Å². The van der Waals surface area contributed by atoms with Crippen molar-refractivity contribution in [1.82, 2.24) is 9.88 Å². The molecule has 0 amide bonds. The standard InChI is InChI=1S/C13H20N4/c1-10-3-2-4-11(16-10)9-17(12-5-6-12)8-7-13(14)15/h2-4,12H,5-9H2,1H3,(H3,14,15). The minimum absolute atomic E-state index is 0.271. The molecule has 0 bridgehead atoms. The minimum atomic E-state index is 0.271. The van der Waals surface area contributed by atoms with E-state index in [2.05, 4.69) is 16.0 Å². The first-order valence-corrected chi connectivity index (χ1v) is 6.14. The van der Waals surface area contributed by atoms with Crippen molar-refractivity contribution < 1.29 is 0 Å². The third kappa shape index (κ3) is 3.82. The van der Waals surface area contributed by atoms with E-state index in [0.29, 0.717) is 12.5 Å². The molecule has 0 aromatic carbocycles. The monoisotopic (exact) mass is 232 g/mol. The largest absolute Gasteiger partial charge is 0.388 e. The van der Waals surface area contributed by atoms with E-state index in [1.54, 1.807) is 0 Å². The SMILES string of the molecule is Cc1cccc(CN(CCC(=N)N)C2CC2)n1. The van der Waals surface area contributed by atoms with Crippen LogP contribution < -0.4 is 5.73 Å². The van der Waals surface area contributed by atoms with Crippen LogP contribution in [0.3, 0.4) is 0 Å². The molecular weight excluding hydrogens is 212 g/mol. The second kappa shape index (κ2) is 5.27. The second-order valence-electron chi connectivity index (χ2n) is 4.75. The van der Waals surface area contributed by atoms with Gasteiger partial charge in [0.15, 0.2) is 0 Å². The van der Waals surface area contributed by atoms with Crippen LogP contribution in [0.1, 0.15) is 30.7 Å². The molecule has 0 saturated heterocycles. The topological polar surface area (TPSA) is 66.0 Å². The fourth-order valence-electron chi connectivity index (χ4n) is 1.99. The van der Waals surface area contributed by atoms with Gasteiger partial charge in [0, 0.05) is 31.2 Å². The number of aryl methyl sites for hydroxylation is 1. The number of nitrogens with two attached hydrogens (primary N) is 1. The van der Waals surface area contributed by atoms with Gasteiger partial charge >= 0.3 is 0 Å². The molecule has 0 spiro atoms. The molecule has 1 aromatic heterocycles. The zero-order valence-electron chi connectivity index (χ0n) is 10.3. The van der Waals surface area contributed by atoms with Gasteiger partial charge in [0.05, 0.1) is 11.5 Å². The summed E-state index contributed by atoms with van der Waals surface area (Å²) in [6, 6.07) is 6.81. The fourth-order valence-corrected chi connectivity index (χ4v) is 1.99. The van der Waals surface area contributed by atoms with Crippen molar-refractivity contribution in [2.75, 3.05) is 6.54 Å². The summed E-state index contributed by atoms with van der Waals surface area (Å²) in [5.41, 5.74) is 7.59. The average Bonchev–Trinajstić information content (AvgIpc) is 3.07. The van der Waals surface area contributed by atoms with Gasteiger partial charge in [0.2, 0.25) is 0 Å². The van der Waals surface area contributed by atoms with Gasteiger partial charge < -0.3 is 5.73 Å². The maximum Gasteiger partial charge on any atom is 0.0918 e. The van der Waals surface area contributed by atoms with Crippen molar-refractivity contribution in [1.29, 1.82) is 5.41 Å². The number of hydrogen-bond donors (Lipinski definition) is 2. The molecule has 0 atom stereocenters. The molecule has 2 rings (SSSR count). The Morgan fingerprint density at radius 1 is 1.53 bits per heavy atom. The molecule has 1 aromatic rings. The molecule has 1 saturated carbocycles.